The predicted molar refractivity (Wildman–Crippen MR) is 228 cm³/mol. The first-order valence-corrected chi connectivity index (χ1v) is 18.4. The van der Waals surface area contributed by atoms with Crippen LogP contribution >= 0.6 is 0 Å². The standard InChI is InChI=1S/C52H35NO/c1-2-12-36(13-3-1)37-24-26-40(27-25-37)46-17-6-8-21-49(46)53(42-32-28-39(29-33-42)45-19-10-15-38-14-4-5-16-44(38)45)43-34-30-41(31-35-43)47-20-11-23-51-52(47)48-18-7-9-22-50(48)54-51/h1-35H. The maximum atomic E-state index is 6.24. The topological polar surface area (TPSA) is 16.4 Å². The number of nitrogens with zero attached hydrogens (tertiary/aromatic N) is 1. The molecule has 54 heavy (non-hydrogen) atoms. The van der Waals surface area contributed by atoms with E-state index in [4.69, 9.17) is 4.42 Å². The van der Waals surface area contributed by atoms with Crippen molar-refractivity contribution in [2.75, 3.05) is 4.90 Å². The molecule has 10 aromatic rings. The normalized spacial score (nSPS) is 11.3. The number of rotatable bonds is 7. The van der Waals surface area contributed by atoms with Gasteiger partial charge in [-0.2, -0.15) is 0 Å². The van der Waals surface area contributed by atoms with Gasteiger partial charge in [-0.15, -0.1) is 0 Å². The molecule has 2 heteroatoms. The first-order chi connectivity index (χ1) is 26.8. The van der Waals surface area contributed by atoms with Gasteiger partial charge in [-0.25, -0.2) is 0 Å². The zero-order chi connectivity index (χ0) is 35.8. The van der Waals surface area contributed by atoms with Crippen molar-refractivity contribution in [2.45, 2.75) is 0 Å². The molecule has 0 aliphatic rings. The van der Waals surface area contributed by atoms with Crippen LogP contribution in [0, 0.1) is 0 Å². The fourth-order valence-electron chi connectivity index (χ4n) is 7.89. The Morgan fingerprint density at radius 3 is 1.56 bits per heavy atom. The minimum absolute atomic E-state index is 0.901. The van der Waals surface area contributed by atoms with E-state index in [9.17, 15) is 0 Å². The van der Waals surface area contributed by atoms with E-state index in [1.165, 1.54) is 33.0 Å². The van der Waals surface area contributed by atoms with Gasteiger partial charge in [0.1, 0.15) is 11.2 Å². The summed E-state index contributed by atoms with van der Waals surface area (Å²) < 4.78 is 6.24. The van der Waals surface area contributed by atoms with E-state index >= 15 is 0 Å². The predicted octanol–water partition coefficient (Wildman–Crippen LogP) is 14.9. The number of benzene rings is 9. The maximum Gasteiger partial charge on any atom is 0.136 e. The number of hydrogen-bond acceptors (Lipinski definition) is 2. The largest absolute Gasteiger partial charge is 0.456 e. The monoisotopic (exact) mass is 689 g/mol. The smallest absolute Gasteiger partial charge is 0.136 e. The fourth-order valence-corrected chi connectivity index (χ4v) is 7.89. The Bertz CT molecular complexity index is 2900. The van der Waals surface area contributed by atoms with E-state index < -0.39 is 0 Å². The van der Waals surface area contributed by atoms with Crippen LogP contribution in [-0.2, 0) is 0 Å². The second-order valence-corrected chi connectivity index (χ2v) is 13.7. The van der Waals surface area contributed by atoms with E-state index in [1.54, 1.807) is 0 Å². The molecule has 0 bridgehead atoms. The summed E-state index contributed by atoms with van der Waals surface area (Å²) in [6.07, 6.45) is 0. The van der Waals surface area contributed by atoms with Gasteiger partial charge in [-0.1, -0.05) is 170 Å². The molecule has 0 aliphatic heterocycles. The summed E-state index contributed by atoms with van der Waals surface area (Å²) in [6.45, 7) is 0. The molecule has 0 fully saturated rings. The lowest BCUT2D eigenvalue weighted by atomic mass is 9.96. The third-order valence-electron chi connectivity index (χ3n) is 10.5. The Morgan fingerprint density at radius 1 is 0.296 bits per heavy atom. The van der Waals surface area contributed by atoms with Crippen LogP contribution in [0.5, 0.6) is 0 Å². The molecule has 1 aromatic heterocycles. The van der Waals surface area contributed by atoms with E-state index in [2.05, 4.69) is 205 Å². The van der Waals surface area contributed by atoms with Crippen molar-refractivity contribution in [3.05, 3.63) is 212 Å². The summed E-state index contributed by atoms with van der Waals surface area (Å²) in [6, 6.07) is 75.9. The van der Waals surface area contributed by atoms with Gasteiger partial charge in [-0.05, 0) is 92.2 Å². The third-order valence-corrected chi connectivity index (χ3v) is 10.5. The Balaban J connectivity index is 1.09. The molecular weight excluding hydrogens is 655 g/mol. The lowest BCUT2D eigenvalue weighted by Crippen LogP contribution is -2.11. The minimum Gasteiger partial charge on any atom is -0.456 e. The molecule has 0 spiro atoms. The zero-order valence-electron chi connectivity index (χ0n) is 29.6. The van der Waals surface area contributed by atoms with E-state index in [0.717, 1.165) is 61.3 Å². The molecule has 9 aromatic carbocycles. The number of anilines is 3. The quantitative estimate of drug-likeness (QED) is 0.166. The lowest BCUT2D eigenvalue weighted by molar-refractivity contribution is 0.669. The molecule has 0 radical (unpaired) electrons. The van der Waals surface area contributed by atoms with Crippen molar-refractivity contribution in [1.29, 1.82) is 0 Å². The highest BCUT2D eigenvalue weighted by Crippen LogP contribution is 2.43. The molecule has 0 saturated heterocycles. The van der Waals surface area contributed by atoms with Gasteiger partial charge in [0.05, 0.1) is 5.69 Å². The second kappa shape index (κ2) is 13.4. The highest BCUT2D eigenvalue weighted by Gasteiger charge is 2.19. The Kier molecular flexibility index (Phi) is 7.85. The SMILES string of the molecule is c1ccc(-c2ccc(-c3ccccc3N(c3ccc(-c4cccc5ccccc45)cc3)c3ccc(-c4cccc5oc6ccccc6c45)cc3)cc2)cc1. The van der Waals surface area contributed by atoms with Crippen LogP contribution in [0.3, 0.4) is 0 Å². The van der Waals surface area contributed by atoms with E-state index in [1.807, 2.05) is 12.1 Å². The van der Waals surface area contributed by atoms with E-state index in [0.29, 0.717) is 0 Å². The van der Waals surface area contributed by atoms with Crippen molar-refractivity contribution in [3.63, 3.8) is 0 Å². The molecule has 0 saturated carbocycles. The van der Waals surface area contributed by atoms with Gasteiger partial charge in [0.15, 0.2) is 0 Å². The molecule has 0 N–H and O–H groups in total. The molecule has 2 nitrogen and oxygen atoms in total. The first-order valence-electron chi connectivity index (χ1n) is 18.4. The Labute approximate surface area is 314 Å². The van der Waals surface area contributed by atoms with Gasteiger partial charge in [-0.3, -0.25) is 0 Å². The van der Waals surface area contributed by atoms with Crippen molar-refractivity contribution in [1.82, 2.24) is 0 Å². The molecule has 0 aliphatic carbocycles. The summed E-state index contributed by atoms with van der Waals surface area (Å²) >= 11 is 0. The van der Waals surface area contributed by atoms with Crippen LogP contribution in [0.25, 0.3) is 77.2 Å². The minimum atomic E-state index is 0.901. The molecular formula is C52H35NO. The van der Waals surface area contributed by atoms with Crippen LogP contribution in [0.15, 0.2) is 217 Å². The number of fused-ring (bicyclic) bond motifs is 4. The van der Waals surface area contributed by atoms with Crippen LogP contribution in [0.2, 0.25) is 0 Å². The van der Waals surface area contributed by atoms with E-state index in [-0.39, 0.29) is 0 Å². The van der Waals surface area contributed by atoms with Crippen LogP contribution < -0.4 is 4.90 Å². The van der Waals surface area contributed by atoms with Gasteiger partial charge in [0.2, 0.25) is 0 Å². The van der Waals surface area contributed by atoms with Crippen LogP contribution in [0.1, 0.15) is 0 Å². The van der Waals surface area contributed by atoms with Gasteiger partial charge in [0, 0.05) is 27.7 Å². The molecule has 0 atom stereocenters. The fraction of sp³-hybridized carbons (Fsp3) is 0. The third kappa shape index (κ3) is 5.62. The van der Waals surface area contributed by atoms with Crippen LogP contribution in [-0.4, -0.2) is 0 Å². The zero-order valence-corrected chi connectivity index (χ0v) is 29.6. The molecule has 10 rings (SSSR count). The first kappa shape index (κ1) is 31.6. The van der Waals surface area contributed by atoms with Crippen molar-refractivity contribution in [2.24, 2.45) is 0 Å². The maximum absolute atomic E-state index is 6.24. The molecule has 1 heterocycles. The molecule has 0 unspecified atom stereocenters. The average molecular weight is 690 g/mol. The van der Waals surface area contributed by atoms with Gasteiger partial charge < -0.3 is 9.32 Å². The second-order valence-electron chi connectivity index (χ2n) is 13.7. The summed E-state index contributed by atoms with van der Waals surface area (Å²) in [5, 5.41) is 4.77. The van der Waals surface area contributed by atoms with Crippen molar-refractivity contribution in [3.8, 4) is 44.5 Å². The number of furan rings is 1. The number of para-hydroxylation sites is 2. The number of hydrogen-bond donors (Lipinski definition) is 0. The summed E-state index contributed by atoms with van der Waals surface area (Å²) in [5.41, 5.74) is 14.6. The van der Waals surface area contributed by atoms with Crippen molar-refractivity contribution >= 4 is 49.8 Å². The molecule has 0 amide bonds. The molecule has 254 valence electrons. The highest BCUT2D eigenvalue weighted by molar-refractivity contribution is 6.12. The van der Waals surface area contributed by atoms with Gasteiger partial charge >= 0.3 is 0 Å². The lowest BCUT2D eigenvalue weighted by Gasteiger charge is -2.28. The Morgan fingerprint density at radius 2 is 0.778 bits per heavy atom. The average Bonchev–Trinajstić information content (AvgIpc) is 3.64. The van der Waals surface area contributed by atoms with Gasteiger partial charge in [0.25, 0.3) is 0 Å². The summed E-state index contributed by atoms with van der Waals surface area (Å²) in [5.74, 6) is 0. The summed E-state index contributed by atoms with van der Waals surface area (Å²) in [7, 11) is 0. The van der Waals surface area contributed by atoms with Crippen molar-refractivity contribution < 1.29 is 4.42 Å². The highest BCUT2D eigenvalue weighted by atomic mass is 16.3. The van der Waals surface area contributed by atoms with Crippen LogP contribution in [0.4, 0.5) is 17.1 Å². The Hall–Kier alpha value is -7.16. The summed E-state index contributed by atoms with van der Waals surface area (Å²) in [4.78, 5) is 2.38.